The van der Waals surface area contributed by atoms with E-state index in [4.69, 9.17) is 4.74 Å². The molecule has 1 N–H and O–H groups in total. The zero-order chi connectivity index (χ0) is 20.5. The van der Waals surface area contributed by atoms with Crippen molar-refractivity contribution in [1.29, 1.82) is 0 Å². The van der Waals surface area contributed by atoms with Crippen LogP contribution in [0.2, 0.25) is 0 Å². The molecule has 0 fully saturated rings. The highest BCUT2D eigenvalue weighted by Crippen LogP contribution is 2.66. The fraction of sp³-hybridized carbons (Fsp3) is 0.174. The van der Waals surface area contributed by atoms with Crippen LogP contribution in [-0.4, -0.2) is 11.8 Å². The zero-order valence-corrected chi connectivity index (χ0v) is 17.9. The molecule has 0 saturated carbocycles. The Hall–Kier alpha value is -2.49. The van der Waals surface area contributed by atoms with Gasteiger partial charge in [0.2, 0.25) is 0 Å². The maximum absolute atomic E-state index is 14.2. The first-order chi connectivity index (χ1) is 14.1. The van der Waals surface area contributed by atoms with E-state index in [1.807, 2.05) is 97.9 Å². The van der Waals surface area contributed by atoms with Gasteiger partial charge < -0.3 is 14.6 Å². The van der Waals surface area contributed by atoms with Gasteiger partial charge in [-0.15, -0.1) is 0 Å². The summed E-state index contributed by atoms with van der Waals surface area (Å²) in [5, 5.41) is 3.61. The third-order valence-electron chi connectivity index (χ3n) is 4.36. The number of benzene rings is 3. The van der Waals surface area contributed by atoms with Gasteiger partial charge in [-0.3, -0.25) is 0 Å². The lowest BCUT2D eigenvalue weighted by atomic mass is 10.2. The van der Waals surface area contributed by atoms with Crippen molar-refractivity contribution in [1.82, 2.24) is 5.32 Å². The Bertz CT molecular complexity index is 952. The molecule has 2 atom stereocenters. The molecule has 3 rings (SSSR count). The predicted molar refractivity (Wildman–Crippen MR) is 121 cm³/mol. The fourth-order valence-corrected chi connectivity index (χ4v) is 8.34. The van der Waals surface area contributed by atoms with Crippen LogP contribution in [0.25, 0.3) is 0 Å². The number of hydrogen-bond acceptors (Lipinski definition) is 4. The number of alkyl carbamates (subject to hydrolysis) is 1. The molecule has 150 valence electrons. The summed E-state index contributed by atoms with van der Waals surface area (Å²) in [6.45, 7) is 2.13. The predicted octanol–water partition coefficient (Wildman–Crippen LogP) is 5.97. The van der Waals surface area contributed by atoms with Gasteiger partial charge in [-0.05, 0) is 16.9 Å². The van der Waals surface area contributed by atoms with Gasteiger partial charge in [-0.2, -0.15) is 0 Å². The third-order valence-corrected chi connectivity index (χ3v) is 10.3. The highest BCUT2D eigenvalue weighted by atomic mass is 32.7. The van der Waals surface area contributed by atoms with E-state index in [0.29, 0.717) is 5.75 Å². The standard InChI is InChI=1S/C23H24NO3PS/c1-2-29-28(26,21-16-10-5-11-17-21)22(20-14-8-4-9-15-20)24-23(25)27-18-19-12-6-3-7-13-19/h3-17,22H,2,18H2,1H3,(H,24,25). The Kier molecular flexibility index (Phi) is 7.56. The average molecular weight is 425 g/mol. The molecule has 0 aliphatic heterocycles. The van der Waals surface area contributed by atoms with Crippen molar-refractivity contribution < 1.29 is 14.1 Å². The van der Waals surface area contributed by atoms with Gasteiger partial charge in [0.15, 0.2) is 6.34 Å². The second kappa shape index (κ2) is 10.3. The highest BCUT2D eigenvalue weighted by molar-refractivity contribution is 8.60. The first-order valence-corrected chi connectivity index (χ1v) is 12.8. The highest BCUT2D eigenvalue weighted by Gasteiger charge is 2.37. The van der Waals surface area contributed by atoms with Crippen molar-refractivity contribution in [3.05, 3.63) is 102 Å². The van der Waals surface area contributed by atoms with Crippen LogP contribution in [0.1, 0.15) is 23.8 Å². The molecule has 3 aromatic rings. The van der Waals surface area contributed by atoms with Crippen molar-refractivity contribution in [2.75, 3.05) is 5.75 Å². The molecule has 0 saturated heterocycles. The number of carbonyl (C=O) groups is 1. The van der Waals surface area contributed by atoms with Crippen molar-refractivity contribution >= 4 is 29.1 Å². The number of rotatable bonds is 8. The van der Waals surface area contributed by atoms with Gasteiger partial charge >= 0.3 is 6.09 Å². The van der Waals surface area contributed by atoms with Gasteiger partial charge in [0.05, 0.1) is 0 Å². The smallest absolute Gasteiger partial charge is 0.408 e. The van der Waals surface area contributed by atoms with E-state index in [0.717, 1.165) is 16.4 Å². The molecule has 29 heavy (non-hydrogen) atoms. The van der Waals surface area contributed by atoms with Crippen LogP contribution in [0.3, 0.4) is 0 Å². The van der Waals surface area contributed by atoms with Crippen molar-refractivity contribution in [3.8, 4) is 0 Å². The summed E-state index contributed by atoms with van der Waals surface area (Å²) in [4.78, 5) is 12.6. The first-order valence-electron chi connectivity index (χ1n) is 9.45. The zero-order valence-electron chi connectivity index (χ0n) is 16.2. The number of ether oxygens (including phenoxy) is 1. The molecule has 1 amide bonds. The minimum Gasteiger partial charge on any atom is -0.445 e. The lowest BCUT2D eigenvalue weighted by molar-refractivity contribution is 0.138. The molecule has 3 aromatic carbocycles. The molecule has 0 bridgehead atoms. The van der Waals surface area contributed by atoms with E-state index in [1.165, 1.54) is 11.4 Å². The Morgan fingerprint density at radius 1 is 0.931 bits per heavy atom. The normalized spacial score (nSPS) is 13.8. The molecular formula is C23H24NO3PS. The molecule has 0 spiro atoms. The maximum atomic E-state index is 14.2. The quantitative estimate of drug-likeness (QED) is 0.452. The number of amides is 1. The lowest BCUT2D eigenvalue weighted by Gasteiger charge is -2.28. The third kappa shape index (κ3) is 5.53. The minimum absolute atomic E-state index is 0.157. The minimum atomic E-state index is -3.05. The van der Waals surface area contributed by atoms with E-state index in [9.17, 15) is 9.36 Å². The molecule has 4 nitrogen and oxygen atoms in total. The molecule has 0 heterocycles. The molecule has 0 radical (unpaired) electrons. The summed E-state index contributed by atoms with van der Waals surface area (Å²) in [5.41, 5.74) is 1.69. The van der Waals surface area contributed by atoms with E-state index in [-0.39, 0.29) is 6.61 Å². The van der Waals surface area contributed by atoms with E-state index >= 15 is 0 Å². The van der Waals surface area contributed by atoms with Gasteiger partial charge in [0.25, 0.3) is 0 Å². The largest absolute Gasteiger partial charge is 0.445 e. The Balaban J connectivity index is 1.88. The van der Waals surface area contributed by atoms with Crippen LogP contribution >= 0.6 is 17.7 Å². The van der Waals surface area contributed by atoms with Gasteiger partial charge in [-0.25, -0.2) is 4.79 Å². The Morgan fingerprint density at radius 2 is 1.48 bits per heavy atom. The first kappa shape index (κ1) is 21.2. The number of carbonyl (C=O) groups excluding carboxylic acids is 1. The summed E-state index contributed by atoms with van der Waals surface area (Å²) < 4.78 is 19.6. The Morgan fingerprint density at radius 3 is 2.07 bits per heavy atom. The van der Waals surface area contributed by atoms with Crippen molar-refractivity contribution in [3.63, 3.8) is 0 Å². The number of nitrogens with one attached hydrogen (secondary N) is 1. The monoisotopic (exact) mass is 425 g/mol. The fourth-order valence-electron chi connectivity index (χ4n) is 3.00. The summed E-state index contributed by atoms with van der Waals surface area (Å²) >= 11 is 1.38. The molecule has 2 unspecified atom stereocenters. The molecule has 0 aromatic heterocycles. The van der Waals surface area contributed by atoms with Crippen LogP contribution in [0.15, 0.2) is 91.0 Å². The molecule has 6 heteroatoms. The van der Waals surface area contributed by atoms with E-state index in [2.05, 4.69) is 5.32 Å². The summed E-state index contributed by atoms with van der Waals surface area (Å²) in [6.07, 6.45) is -3.64. The molecule has 0 aliphatic rings. The van der Waals surface area contributed by atoms with Crippen LogP contribution in [0.4, 0.5) is 4.79 Å². The van der Waals surface area contributed by atoms with E-state index in [1.54, 1.807) is 0 Å². The van der Waals surface area contributed by atoms with Crippen molar-refractivity contribution in [2.24, 2.45) is 0 Å². The molecular weight excluding hydrogens is 401 g/mol. The Labute approximate surface area is 175 Å². The topological polar surface area (TPSA) is 55.4 Å². The summed E-state index contributed by atoms with van der Waals surface area (Å²) in [5.74, 6) is -0.0182. The average Bonchev–Trinajstić information content (AvgIpc) is 2.78. The SMILES string of the molecule is CCSP(=O)(c1ccccc1)C(NC(=O)OCc1ccccc1)c1ccccc1. The second-order valence-corrected chi connectivity index (χ2v) is 11.8. The lowest BCUT2D eigenvalue weighted by Crippen LogP contribution is -2.31. The maximum Gasteiger partial charge on any atom is 0.408 e. The van der Waals surface area contributed by atoms with Crippen LogP contribution in [0, 0.1) is 0 Å². The summed E-state index contributed by atoms with van der Waals surface area (Å²) in [7, 11) is 0. The van der Waals surface area contributed by atoms with Gasteiger partial charge in [-0.1, -0.05) is 109 Å². The second-order valence-electron chi connectivity index (χ2n) is 6.37. The van der Waals surface area contributed by atoms with Gasteiger partial charge in [0.1, 0.15) is 12.4 Å². The van der Waals surface area contributed by atoms with Crippen molar-refractivity contribution in [2.45, 2.75) is 19.3 Å². The molecule has 0 aliphatic carbocycles. The number of hydrogen-bond donors (Lipinski definition) is 1. The van der Waals surface area contributed by atoms with Crippen LogP contribution in [-0.2, 0) is 15.9 Å². The summed E-state index contributed by atoms with van der Waals surface area (Å²) in [6, 6.07) is 28.3. The van der Waals surface area contributed by atoms with E-state index < -0.39 is 18.2 Å². The van der Waals surface area contributed by atoms with Gasteiger partial charge in [0, 0.05) is 5.30 Å². The van der Waals surface area contributed by atoms with Crippen LogP contribution in [0.5, 0.6) is 0 Å². The van der Waals surface area contributed by atoms with Crippen LogP contribution < -0.4 is 10.6 Å².